The Morgan fingerprint density at radius 2 is 1.76 bits per heavy atom. The molecule has 0 aliphatic heterocycles. The Balaban J connectivity index is 2.07. The second-order valence-corrected chi connectivity index (χ2v) is 4.44. The summed E-state index contributed by atoms with van der Waals surface area (Å²) in [4.78, 5) is 22.5. The quantitative estimate of drug-likeness (QED) is 0.756. The van der Waals surface area contributed by atoms with Gasteiger partial charge in [-0.1, -0.05) is 11.6 Å². The van der Waals surface area contributed by atoms with Crippen molar-refractivity contribution in [2.45, 2.75) is 0 Å². The normalized spacial score (nSPS) is 9.95. The maximum atomic E-state index is 11.7. The summed E-state index contributed by atoms with van der Waals surface area (Å²) in [5.41, 5.74) is -0.136. The monoisotopic (exact) mass is 307 g/mol. The Morgan fingerprint density at radius 1 is 1.10 bits per heavy atom. The van der Waals surface area contributed by atoms with Crippen LogP contribution in [0.3, 0.4) is 0 Å². The predicted octanol–water partition coefficient (Wildman–Crippen LogP) is 3.35. The maximum absolute atomic E-state index is 11.7. The number of carbonyl (C=O) groups is 2. The predicted molar refractivity (Wildman–Crippen MR) is 76.2 cm³/mol. The van der Waals surface area contributed by atoms with Crippen LogP contribution in [0, 0.1) is 0 Å². The van der Waals surface area contributed by atoms with Crippen molar-refractivity contribution in [2.24, 2.45) is 0 Å². The third-order valence-electron chi connectivity index (χ3n) is 2.50. The summed E-state index contributed by atoms with van der Waals surface area (Å²) in [7, 11) is 0. The molecule has 7 heteroatoms. The zero-order chi connectivity index (χ0) is 15.4. The number of hydrogen-bond donors (Lipinski definition) is 3. The Morgan fingerprint density at radius 3 is 2.38 bits per heavy atom. The Hall–Kier alpha value is -2.73. The van der Waals surface area contributed by atoms with Gasteiger partial charge in [-0.05, 0) is 42.5 Å². The Labute approximate surface area is 124 Å². The van der Waals surface area contributed by atoms with Crippen molar-refractivity contribution in [2.75, 3.05) is 5.32 Å². The summed E-state index contributed by atoms with van der Waals surface area (Å²) < 4.78 is 4.99. The van der Waals surface area contributed by atoms with E-state index in [-0.39, 0.29) is 22.7 Å². The number of nitrogens with one attached hydrogen (secondary N) is 1. The first-order chi connectivity index (χ1) is 9.95. The van der Waals surface area contributed by atoms with Crippen LogP contribution >= 0.6 is 11.6 Å². The fourth-order valence-corrected chi connectivity index (χ4v) is 1.66. The molecule has 0 radical (unpaired) electrons. The first-order valence-electron chi connectivity index (χ1n) is 5.76. The number of hydrogen-bond acceptors (Lipinski definition) is 4. The summed E-state index contributed by atoms with van der Waals surface area (Å²) in [5.74, 6) is -1.41. The lowest BCUT2D eigenvalue weighted by molar-refractivity contribution is 0.0693. The van der Waals surface area contributed by atoms with Crippen LogP contribution in [0.5, 0.6) is 11.5 Å². The number of anilines is 1. The van der Waals surface area contributed by atoms with Crippen molar-refractivity contribution in [3.05, 3.63) is 53.1 Å². The molecular formula is C14H10ClNO5. The summed E-state index contributed by atoms with van der Waals surface area (Å²) in [6.07, 6.45) is -0.792. The van der Waals surface area contributed by atoms with Crippen LogP contribution in [-0.4, -0.2) is 22.3 Å². The van der Waals surface area contributed by atoms with E-state index in [1.54, 1.807) is 12.1 Å². The smallest absolute Gasteiger partial charge is 0.417 e. The number of benzene rings is 2. The number of aromatic hydroxyl groups is 1. The molecule has 0 aliphatic carbocycles. The molecule has 2 aromatic rings. The summed E-state index contributed by atoms with van der Waals surface area (Å²) in [6.45, 7) is 0. The zero-order valence-corrected chi connectivity index (χ0v) is 11.3. The van der Waals surface area contributed by atoms with Crippen LogP contribution in [-0.2, 0) is 0 Å². The molecule has 6 nitrogen and oxygen atoms in total. The average molecular weight is 308 g/mol. The van der Waals surface area contributed by atoms with E-state index in [1.165, 1.54) is 24.3 Å². The number of ether oxygens (including phenoxy) is 1. The number of carboxylic acids is 1. The van der Waals surface area contributed by atoms with Crippen molar-refractivity contribution in [1.82, 2.24) is 0 Å². The van der Waals surface area contributed by atoms with Crippen LogP contribution in [0.2, 0.25) is 5.02 Å². The Kier molecular flexibility index (Phi) is 4.30. The zero-order valence-electron chi connectivity index (χ0n) is 10.5. The van der Waals surface area contributed by atoms with E-state index in [9.17, 15) is 14.7 Å². The lowest BCUT2D eigenvalue weighted by Crippen LogP contribution is -2.17. The van der Waals surface area contributed by atoms with E-state index in [0.29, 0.717) is 5.02 Å². The van der Waals surface area contributed by atoms with E-state index < -0.39 is 12.1 Å². The molecule has 0 aliphatic rings. The van der Waals surface area contributed by atoms with Gasteiger partial charge in [0.15, 0.2) is 0 Å². The molecule has 0 heterocycles. The molecule has 2 aromatic carbocycles. The van der Waals surface area contributed by atoms with Gasteiger partial charge < -0.3 is 14.9 Å². The number of carbonyl (C=O) groups excluding carboxylic acids is 1. The van der Waals surface area contributed by atoms with Crippen molar-refractivity contribution >= 4 is 29.4 Å². The molecule has 2 rings (SSSR count). The molecule has 0 aromatic heterocycles. The molecule has 108 valence electrons. The van der Waals surface area contributed by atoms with E-state index in [4.69, 9.17) is 21.4 Å². The number of rotatable bonds is 3. The highest BCUT2D eigenvalue weighted by atomic mass is 35.5. The number of aromatic carboxylic acids is 1. The second-order valence-electron chi connectivity index (χ2n) is 4.01. The molecule has 0 bridgehead atoms. The average Bonchev–Trinajstić information content (AvgIpc) is 2.43. The fraction of sp³-hybridized carbons (Fsp3) is 0. The van der Waals surface area contributed by atoms with Gasteiger partial charge >= 0.3 is 12.1 Å². The Bertz CT molecular complexity index is 684. The second kappa shape index (κ2) is 6.15. The maximum Gasteiger partial charge on any atom is 0.417 e. The minimum Gasteiger partial charge on any atom is -0.507 e. The van der Waals surface area contributed by atoms with Crippen LogP contribution in [0.25, 0.3) is 0 Å². The van der Waals surface area contributed by atoms with Gasteiger partial charge in [-0.2, -0.15) is 0 Å². The number of phenols is 1. The van der Waals surface area contributed by atoms with Gasteiger partial charge in [0.05, 0.1) is 0 Å². The molecule has 0 unspecified atom stereocenters. The highest BCUT2D eigenvalue weighted by Gasteiger charge is 2.12. The van der Waals surface area contributed by atoms with Gasteiger partial charge in [-0.3, -0.25) is 5.32 Å². The van der Waals surface area contributed by atoms with E-state index in [0.717, 1.165) is 6.07 Å². The van der Waals surface area contributed by atoms with E-state index >= 15 is 0 Å². The first-order valence-corrected chi connectivity index (χ1v) is 6.14. The molecule has 21 heavy (non-hydrogen) atoms. The largest absolute Gasteiger partial charge is 0.507 e. The van der Waals surface area contributed by atoms with E-state index in [1.807, 2.05) is 0 Å². The summed E-state index contributed by atoms with van der Waals surface area (Å²) >= 11 is 5.70. The standard InChI is InChI=1S/C14H10ClNO5/c15-8-1-4-10(5-2-8)21-14(20)16-9-3-6-12(17)11(7-9)13(18)19/h1-7,17H,(H,16,20)(H,18,19). The molecule has 0 spiro atoms. The number of amides is 1. The van der Waals surface area contributed by atoms with E-state index in [2.05, 4.69) is 5.32 Å². The lowest BCUT2D eigenvalue weighted by atomic mass is 10.2. The van der Waals surface area contributed by atoms with Crippen molar-refractivity contribution in [3.63, 3.8) is 0 Å². The topological polar surface area (TPSA) is 95.9 Å². The van der Waals surface area contributed by atoms with Gasteiger partial charge in [-0.25, -0.2) is 9.59 Å². The molecule has 1 amide bonds. The third kappa shape index (κ3) is 3.87. The minimum atomic E-state index is -1.30. The van der Waals surface area contributed by atoms with Gasteiger partial charge in [0.2, 0.25) is 0 Å². The van der Waals surface area contributed by atoms with Crippen molar-refractivity contribution in [1.29, 1.82) is 0 Å². The molecule has 3 N–H and O–H groups in total. The SMILES string of the molecule is O=C(Nc1ccc(O)c(C(=O)O)c1)Oc1ccc(Cl)cc1. The molecule has 0 saturated heterocycles. The summed E-state index contributed by atoms with van der Waals surface area (Å²) in [5, 5.41) is 21.1. The number of carboxylic acid groups (broad SMARTS) is 1. The first kappa shape index (κ1) is 14.7. The van der Waals surface area contributed by atoms with Gasteiger partial charge in [0.25, 0.3) is 0 Å². The molecule has 0 atom stereocenters. The van der Waals surface area contributed by atoms with Crippen molar-refractivity contribution < 1.29 is 24.5 Å². The van der Waals surface area contributed by atoms with Crippen LogP contribution in [0.1, 0.15) is 10.4 Å². The van der Waals surface area contributed by atoms with Gasteiger partial charge in [0, 0.05) is 10.7 Å². The van der Waals surface area contributed by atoms with Gasteiger partial charge in [-0.15, -0.1) is 0 Å². The molecular weight excluding hydrogens is 298 g/mol. The van der Waals surface area contributed by atoms with Crippen LogP contribution in [0.15, 0.2) is 42.5 Å². The van der Waals surface area contributed by atoms with Gasteiger partial charge in [0.1, 0.15) is 17.1 Å². The van der Waals surface area contributed by atoms with Crippen LogP contribution < -0.4 is 10.1 Å². The van der Waals surface area contributed by atoms with Crippen molar-refractivity contribution in [3.8, 4) is 11.5 Å². The minimum absolute atomic E-state index is 0.184. The molecule has 0 saturated carbocycles. The fourth-order valence-electron chi connectivity index (χ4n) is 1.54. The highest BCUT2D eigenvalue weighted by molar-refractivity contribution is 6.30. The summed E-state index contributed by atoms with van der Waals surface area (Å²) in [6, 6.07) is 9.80. The molecule has 0 fully saturated rings. The third-order valence-corrected chi connectivity index (χ3v) is 2.75. The van der Waals surface area contributed by atoms with Crippen LogP contribution in [0.4, 0.5) is 10.5 Å². The highest BCUT2D eigenvalue weighted by Crippen LogP contribution is 2.22. The lowest BCUT2D eigenvalue weighted by Gasteiger charge is -2.08. The number of halogens is 1.